The number of sulfonamides is 1. The highest BCUT2D eigenvalue weighted by Gasteiger charge is 2.20. The van der Waals surface area contributed by atoms with Crippen LogP contribution >= 0.6 is 0 Å². The first-order valence-corrected chi connectivity index (χ1v) is 8.57. The van der Waals surface area contributed by atoms with Gasteiger partial charge in [0.15, 0.2) is 5.58 Å². The number of nitrogens with one attached hydrogen (secondary N) is 1. The van der Waals surface area contributed by atoms with Crippen LogP contribution in [0.4, 0.5) is 5.69 Å². The van der Waals surface area contributed by atoms with Gasteiger partial charge in [-0.3, -0.25) is 9.29 Å². The number of rotatable bonds is 4. The van der Waals surface area contributed by atoms with Crippen molar-refractivity contribution in [3.63, 3.8) is 0 Å². The van der Waals surface area contributed by atoms with Gasteiger partial charge in [0.05, 0.1) is 23.2 Å². The predicted molar refractivity (Wildman–Crippen MR) is 90.0 cm³/mol. The van der Waals surface area contributed by atoms with E-state index in [2.05, 4.69) is 4.72 Å². The minimum Gasteiger partial charge on any atom is -0.497 e. The molecule has 0 radical (unpaired) electrons. The largest absolute Gasteiger partial charge is 0.497 e. The second-order valence-electron chi connectivity index (χ2n) is 5.35. The van der Waals surface area contributed by atoms with E-state index < -0.39 is 15.8 Å². The highest BCUT2D eigenvalue weighted by Crippen LogP contribution is 2.25. The van der Waals surface area contributed by atoms with Gasteiger partial charge in [0.2, 0.25) is 0 Å². The number of oxazole rings is 1. The summed E-state index contributed by atoms with van der Waals surface area (Å²) in [6.45, 7) is 1.66. The number of nitrogens with zero attached hydrogens (tertiary/aromatic N) is 1. The predicted octanol–water partition coefficient (Wildman–Crippen LogP) is 2.25. The third-order valence-corrected chi connectivity index (χ3v) is 5.22. The molecule has 0 spiro atoms. The zero-order valence-corrected chi connectivity index (χ0v) is 14.2. The van der Waals surface area contributed by atoms with E-state index in [0.29, 0.717) is 22.5 Å². The molecule has 3 rings (SSSR count). The van der Waals surface area contributed by atoms with Gasteiger partial charge >= 0.3 is 5.76 Å². The standard InChI is InChI=1S/C16H16N2O5S/c1-10-7-13-14(23-16(19)18(13)2)9-15(10)24(20,21)17-11-5-4-6-12(8-11)22-3/h4-9,17H,1-3H3. The quantitative estimate of drug-likeness (QED) is 0.781. The fourth-order valence-corrected chi connectivity index (χ4v) is 3.74. The summed E-state index contributed by atoms with van der Waals surface area (Å²) in [5, 5.41) is 0. The molecule has 0 saturated heterocycles. The first kappa shape index (κ1) is 16.1. The zero-order chi connectivity index (χ0) is 17.5. The van der Waals surface area contributed by atoms with E-state index in [-0.39, 0.29) is 10.5 Å². The second kappa shape index (κ2) is 5.72. The third kappa shape index (κ3) is 2.76. The maximum absolute atomic E-state index is 12.7. The van der Waals surface area contributed by atoms with Gasteiger partial charge in [-0.2, -0.15) is 0 Å². The average Bonchev–Trinajstić information content (AvgIpc) is 2.81. The SMILES string of the molecule is COc1cccc(NS(=O)(=O)c2cc3oc(=O)n(C)c3cc2C)c1. The van der Waals surface area contributed by atoms with Crippen molar-refractivity contribution in [3.05, 3.63) is 52.5 Å². The fourth-order valence-electron chi connectivity index (χ4n) is 2.45. The topological polar surface area (TPSA) is 90.5 Å². The number of methoxy groups -OCH3 is 1. The number of benzene rings is 2. The molecule has 8 heteroatoms. The van der Waals surface area contributed by atoms with Crippen LogP contribution in [0.5, 0.6) is 5.75 Å². The minimum atomic E-state index is -3.84. The number of ether oxygens (including phenoxy) is 1. The lowest BCUT2D eigenvalue weighted by Gasteiger charge is -2.11. The molecule has 3 aromatic rings. The lowest BCUT2D eigenvalue weighted by molar-refractivity contribution is 0.415. The summed E-state index contributed by atoms with van der Waals surface area (Å²) >= 11 is 0. The fraction of sp³-hybridized carbons (Fsp3) is 0.188. The molecule has 126 valence electrons. The van der Waals surface area contributed by atoms with E-state index in [1.54, 1.807) is 44.3 Å². The molecular weight excluding hydrogens is 332 g/mol. The van der Waals surface area contributed by atoms with Gasteiger partial charge in [-0.05, 0) is 30.7 Å². The number of aromatic nitrogens is 1. The van der Waals surface area contributed by atoms with Crippen LogP contribution in [-0.2, 0) is 17.1 Å². The number of fused-ring (bicyclic) bond motifs is 1. The van der Waals surface area contributed by atoms with E-state index in [9.17, 15) is 13.2 Å². The van der Waals surface area contributed by atoms with Crippen molar-refractivity contribution in [1.29, 1.82) is 0 Å². The van der Waals surface area contributed by atoms with Gasteiger partial charge in [-0.1, -0.05) is 6.07 Å². The van der Waals surface area contributed by atoms with Crippen LogP contribution in [0.3, 0.4) is 0 Å². The van der Waals surface area contributed by atoms with Crippen molar-refractivity contribution in [2.24, 2.45) is 7.05 Å². The van der Waals surface area contributed by atoms with Crippen molar-refractivity contribution in [3.8, 4) is 5.75 Å². The highest BCUT2D eigenvalue weighted by atomic mass is 32.2. The Bertz CT molecular complexity index is 1080. The van der Waals surface area contributed by atoms with Crippen molar-refractivity contribution < 1.29 is 17.6 Å². The smallest absolute Gasteiger partial charge is 0.419 e. The van der Waals surface area contributed by atoms with Crippen LogP contribution in [-0.4, -0.2) is 20.1 Å². The molecule has 2 aromatic carbocycles. The van der Waals surface area contributed by atoms with E-state index in [4.69, 9.17) is 9.15 Å². The maximum atomic E-state index is 12.7. The molecule has 0 amide bonds. The molecule has 24 heavy (non-hydrogen) atoms. The minimum absolute atomic E-state index is 0.0483. The molecular formula is C16H16N2O5S. The Balaban J connectivity index is 2.07. The molecule has 0 bridgehead atoms. The molecule has 0 unspecified atom stereocenters. The van der Waals surface area contributed by atoms with Crippen molar-refractivity contribution >= 4 is 26.8 Å². The van der Waals surface area contributed by atoms with Crippen LogP contribution < -0.4 is 15.2 Å². The van der Waals surface area contributed by atoms with Gasteiger partial charge < -0.3 is 9.15 Å². The van der Waals surface area contributed by atoms with Crippen molar-refractivity contribution in [2.45, 2.75) is 11.8 Å². The first-order valence-electron chi connectivity index (χ1n) is 7.09. The van der Waals surface area contributed by atoms with Crippen LogP contribution in [0, 0.1) is 6.92 Å². The molecule has 0 atom stereocenters. The Morgan fingerprint density at radius 1 is 1.21 bits per heavy atom. The van der Waals surface area contributed by atoms with Crippen LogP contribution in [0.25, 0.3) is 11.1 Å². The van der Waals surface area contributed by atoms with E-state index in [0.717, 1.165) is 0 Å². The summed E-state index contributed by atoms with van der Waals surface area (Å²) in [7, 11) is -0.772. The van der Waals surface area contributed by atoms with Gasteiger partial charge in [0.1, 0.15) is 5.75 Å². The maximum Gasteiger partial charge on any atom is 0.419 e. The lowest BCUT2D eigenvalue weighted by atomic mass is 10.2. The Morgan fingerprint density at radius 3 is 2.67 bits per heavy atom. The number of hydrogen-bond acceptors (Lipinski definition) is 5. The average molecular weight is 348 g/mol. The molecule has 0 aliphatic carbocycles. The molecule has 1 heterocycles. The van der Waals surface area contributed by atoms with Gasteiger partial charge in [-0.15, -0.1) is 0 Å². The van der Waals surface area contributed by atoms with E-state index in [1.165, 1.54) is 17.7 Å². The van der Waals surface area contributed by atoms with Crippen LogP contribution in [0.15, 0.2) is 50.5 Å². The third-order valence-electron chi connectivity index (χ3n) is 3.70. The summed E-state index contributed by atoms with van der Waals surface area (Å²) < 4.78 is 39.3. The molecule has 1 aromatic heterocycles. The molecule has 0 aliphatic rings. The Labute approximate surface area is 138 Å². The summed E-state index contributed by atoms with van der Waals surface area (Å²) in [4.78, 5) is 11.6. The lowest BCUT2D eigenvalue weighted by Crippen LogP contribution is -2.14. The van der Waals surface area contributed by atoms with Gasteiger partial charge in [-0.25, -0.2) is 13.2 Å². The zero-order valence-electron chi connectivity index (χ0n) is 13.4. The summed E-state index contributed by atoms with van der Waals surface area (Å²) in [6, 6.07) is 9.57. The molecule has 7 nitrogen and oxygen atoms in total. The van der Waals surface area contributed by atoms with Crippen molar-refractivity contribution in [2.75, 3.05) is 11.8 Å². The monoisotopic (exact) mass is 348 g/mol. The molecule has 0 fully saturated rings. The Morgan fingerprint density at radius 2 is 1.96 bits per heavy atom. The summed E-state index contributed by atoms with van der Waals surface area (Å²) in [6.07, 6.45) is 0. The van der Waals surface area contributed by atoms with Crippen LogP contribution in [0.2, 0.25) is 0 Å². The molecule has 0 aliphatic heterocycles. The Hall–Kier alpha value is -2.74. The summed E-state index contributed by atoms with van der Waals surface area (Å²) in [5.41, 5.74) is 1.65. The molecule has 0 saturated carbocycles. The number of anilines is 1. The first-order chi connectivity index (χ1) is 11.3. The highest BCUT2D eigenvalue weighted by molar-refractivity contribution is 7.92. The van der Waals surface area contributed by atoms with Crippen molar-refractivity contribution in [1.82, 2.24) is 4.57 Å². The van der Waals surface area contributed by atoms with Gasteiger partial charge in [0, 0.05) is 19.2 Å². The molecule has 1 N–H and O–H groups in total. The van der Waals surface area contributed by atoms with E-state index in [1.807, 2.05) is 0 Å². The number of aryl methyl sites for hydroxylation is 2. The van der Waals surface area contributed by atoms with E-state index >= 15 is 0 Å². The Kier molecular flexibility index (Phi) is 3.84. The second-order valence-corrected chi connectivity index (χ2v) is 7.00. The van der Waals surface area contributed by atoms with Crippen LogP contribution in [0.1, 0.15) is 5.56 Å². The normalized spacial score (nSPS) is 11.6. The summed E-state index contributed by atoms with van der Waals surface area (Å²) in [5.74, 6) is -0.00358. The number of hydrogen-bond donors (Lipinski definition) is 1. The van der Waals surface area contributed by atoms with Gasteiger partial charge in [0.25, 0.3) is 10.0 Å².